The Bertz CT molecular complexity index is 750. The first-order chi connectivity index (χ1) is 17.7. The summed E-state index contributed by atoms with van der Waals surface area (Å²) in [5, 5.41) is 18.4. The third-order valence-corrected chi connectivity index (χ3v) is 5.68. The van der Waals surface area contributed by atoms with Gasteiger partial charge in [0.15, 0.2) is 0 Å². The Labute approximate surface area is 216 Å². The van der Waals surface area contributed by atoms with E-state index in [1.807, 2.05) is 60.7 Å². The number of carbonyl (C=O) groups excluding carboxylic acids is 2. The van der Waals surface area contributed by atoms with Crippen molar-refractivity contribution in [1.29, 1.82) is 0 Å². The Hall–Kier alpha value is -3.10. The molecule has 198 valence electrons. The van der Waals surface area contributed by atoms with Crippen LogP contribution in [-0.4, -0.2) is 51.3 Å². The van der Waals surface area contributed by atoms with Crippen molar-refractivity contribution in [2.75, 3.05) is 39.3 Å². The van der Waals surface area contributed by atoms with E-state index in [0.717, 1.165) is 50.1 Å². The highest BCUT2D eigenvalue weighted by Gasteiger charge is 2.00. The molecule has 8 heteroatoms. The predicted octanol–water partition coefficient (Wildman–Crippen LogP) is 3.51. The number of hydrogen-bond donors (Lipinski definition) is 6. The summed E-state index contributed by atoms with van der Waals surface area (Å²) in [4.78, 5) is 23.6. The summed E-state index contributed by atoms with van der Waals surface area (Å²) in [7, 11) is 0. The number of rotatable bonds is 19. The van der Waals surface area contributed by atoms with E-state index >= 15 is 0 Å². The molecule has 2 rings (SSSR count). The van der Waals surface area contributed by atoms with Crippen molar-refractivity contribution in [3.8, 4) is 0 Å². The summed E-state index contributed by atoms with van der Waals surface area (Å²) in [5.41, 5.74) is 2.19. The summed E-state index contributed by atoms with van der Waals surface area (Å²) >= 11 is 0. The van der Waals surface area contributed by atoms with Crippen LogP contribution in [0.15, 0.2) is 60.7 Å². The van der Waals surface area contributed by atoms with Crippen molar-refractivity contribution in [2.24, 2.45) is 0 Å². The van der Waals surface area contributed by atoms with E-state index in [1.54, 1.807) is 0 Å². The Balaban J connectivity index is 1.25. The summed E-state index contributed by atoms with van der Waals surface area (Å²) in [6.07, 6.45) is 6.63. The van der Waals surface area contributed by atoms with Gasteiger partial charge in [-0.15, -0.1) is 0 Å². The van der Waals surface area contributed by atoms with E-state index in [9.17, 15) is 9.59 Å². The van der Waals surface area contributed by atoms with Crippen LogP contribution in [-0.2, 0) is 13.1 Å². The third-order valence-electron chi connectivity index (χ3n) is 5.68. The van der Waals surface area contributed by atoms with Crippen LogP contribution in [0.3, 0.4) is 0 Å². The number of unbranched alkanes of at least 4 members (excludes halogenated alkanes) is 3. The van der Waals surface area contributed by atoms with Crippen LogP contribution in [0.25, 0.3) is 0 Å². The number of urea groups is 2. The topological polar surface area (TPSA) is 106 Å². The highest BCUT2D eigenvalue weighted by Crippen LogP contribution is 1.99. The molecule has 0 saturated carbocycles. The van der Waals surface area contributed by atoms with E-state index in [0.29, 0.717) is 26.2 Å². The summed E-state index contributed by atoms with van der Waals surface area (Å²) < 4.78 is 0. The molecule has 6 N–H and O–H groups in total. The lowest BCUT2D eigenvalue weighted by Crippen LogP contribution is -2.36. The number of nitrogens with one attached hydrogen (secondary N) is 6. The molecule has 2 aromatic rings. The molecule has 4 amide bonds. The second kappa shape index (κ2) is 20.1. The largest absolute Gasteiger partial charge is 0.338 e. The van der Waals surface area contributed by atoms with Gasteiger partial charge in [-0.3, -0.25) is 0 Å². The lowest BCUT2D eigenvalue weighted by Gasteiger charge is -2.09. The first-order valence-corrected chi connectivity index (χ1v) is 13.3. The van der Waals surface area contributed by atoms with Crippen LogP contribution in [0, 0.1) is 0 Å². The molecule has 0 aliphatic rings. The SMILES string of the molecule is O=C(NCCCNCCCCCCNCCCNC(=O)NCc1ccccc1)NCc1ccccc1. The highest BCUT2D eigenvalue weighted by molar-refractivity contribution is 5.74. The van der Waals surface area contributed by atoms with E-state index in [4.69, 9.17) is 0 Å². The molecule has 0 aliphatic carbocycles. The van der Waals surface area contributed by atoms with Crippen LogP contribution in [0.4, 0.5) is 9.59 Å². The number of hydrogen-bond acceptors (Lipinski definition) is 4. The molecule has 0 saturated heterocycles. The van der Waals surface area contributed by atoms with Crippen LogP contribution in [0.5, 0.6) is 0 Å². The summed E-state index contributed by atoms with van der Waals surface area (Å²) in [6.45, 7) is 6.31. The van der Waals surface area contributed by atoms with Gasteiger partial charge in [0.1, 0.15) is 0 Å². The van der Waals surface area contributed by atoms with Gasteiger partial charge in [0.25, 0.3) is 0 Å². The minimum atomic E-state index is -0.118. The molecule has 0 unspecified atom stereocenters. The maximum atomic E-state index is 11.8. The molecule has 0 radical (unpaired) electrons. The maximum absolute atomic E-state index is 11.8. The minimum absolute atomic E-state index is 0.118. The predicted molar refractivity (Wildman–Crippen MR) is 147 cm³/mol. The van der Waals surface area contributed by atoms with E-state index in [2.05, 4.69) is 31.9 Å². The second-order valence-electron chi connectivity index (χ2n) is 8.81. The molecule has 0 spiro atoms. The smallest absolute Gasteiger partial charge is 0.315 e. The quantitative estimate of drug-likeness (QED) is 0.167. The monoisotopic (exact) mass is 496 g/mol. The molecule has 0 fully saturated rings. The van der Waals surface area contributed by atoms with Crippen LogP contribution in [0.1, 0.15) is 49.7 Å². The molecule has 0 bridgehead atoms. The van der Waals surface area contributed by atoms with E-state index < -0.39 is 0 Å². The van der Waals surface area contributed by atoms with Crippen LogP contribution < -0.4 is 31.9 Å². The van der Waals surface area contributed by atoms with Gasteiger partial charge in [0, 0.05) is 26.2 Å². The van der Waals surface area contributed by atoms with Gasteiger partial charge in [-0.25, -0.2) is 9.59 Å². The van der Waals surface area contributed by atoms with Crippen LogP contribution >= 0.6 is 0 Å². The molecule has 0 atom stereocenters. The second-order valence-corrected chi connectivity index (χ2v) is 8.81. The van der Waals surface area contributed by atoms with Gasteiger partial charge in [-0.05, 0) is 63.0 Å². The first-order valence-electron chi connectivity index (χ1n) is 13.3. The zero-order chi connectivity index (χ0) is 25.5. The third kappa shape index (κ3) is 15.7. The van der Waals surface area contributed by atoms with Crippen molar-refractivity contribution in [1.82, 2.24) is 31.9 Å². The van der Waals surface area contributed by atoms with Gasteiger partial charge in [-0.2, -0.15) is 0 Å². The van der Waals surface area contributed by atoms with Gasteiger partial charge >= 0.3 is 12.1 Å². The van der Waals surface area contributed by atoms with E-state index in [-0.39, 0.29) is 12.1 Å². The fourth-order valence-electron chi connectivity index (χ4n) is 3.62. The van der Waals surface area contributed by atoms with Crippen LogP contribution in [0.2, 0.25) is 0 Å². The van der Waals surface area contributed by atoms with Crippen molar-refractivity contribution in [2.45, 2.75) is 51.6 Å². The van der Waals surface area contributed by atoms with Gasteiger partial charge in [-0.1, -0.05) is 73.5 Å². The van der Waals surface area contributed by atoms with Crippen molar-refractivity contribution in [3.05, 3.63) is 71.8 Å². The lowest BCUT2D eigenvalue weighted by atomic mass is 10.2. The zero-order valence-electron chi connectivity index (χ0n) is 21.5. The van der Waals surface area contributed by atoms with Crippen molar-refractivity contribution in [3.63, 3.8) is 0 Å². The Morgan fingerprint density at radius 1 is 0.444 bits per heavy atom. The van der Waals surface area contributed by atoms with Gasteiger partial charge in [0.2, 0.25) is 0 Å². The standard InChI is InChI=1S/C28H44N6O2/c35-27(33-23-25-13-5-3-6-14-25)31-21-11-19-29-17-9-1-2-10-18-30-20-12-22-32-28(36)34-24-26-15-7-4-8-16-26/h3-8,13-16,29-30H,1-2,9-12,17-24H2,(H2,31,33,35)(H2,32,34,36). The summed E-state index contributed by atoms with van der Waals surface area (Å²) in [5.74, 6) is 0. The highest BCUT2D eigenvalue weighted by atomic mass is 16.2. The fraction of sp³-hybridized carbons (Fsp3) is 0.500. The molecule has 36 heavy (non-hydrogen) atoms. The Morgan fingerprint density at radius 3 is 1.25 bits per heavy atom. The van der Waals surface area contributed by atoms with Gasteiger partial charge in [0.05, 0.1) is 0 Å². The lowest BCUT2D eigenvalue weighted by molar-refractivity contribution is 0.239. The normalized spacial score (nSPS) is 10.6. The minimum Gasteiger partial charge on any atom is -0.338 e. The maximum Gasteiger partial charge on any atom is 0.315 e. The Kier molecular flexibility index (Phi) is 16.3. The van der Waals surface area contributed by atoms with Crippen molar-refractivity contribution < 1.29 is 9.59 Å². The molecule has 0 aliphatic heterocycles. The van der Waals surface area contributed by atoms with Crippen molar-refractivity contribution >= 4 is 12.1 Å². The van der Waals surface area contributed by atoms with Gasteiger partial charge < -0.3 is 31.9 Å². The zero-order valence-corrected chi connectivity index (χ0v) is 21.5. The average molecular weight is 497 g/mol. The fourth-order valence-corrected chi connectivity index (χ4v) is 3.62. The van der Waals surface area contributed by atoms with E-state index in [1.165, 1.54) is 25.7 Å². The Morgan fingerprint density at radius 2 is 0.833 bits per heavy atom. The molecular formula is C28H44N6O2. The number of benzene rings is 2. The molecule has 2 aromatic carbocycles. The molecule has 0 aromatic heterocycles. The number of amides is 4. The molecule has 0 heterocycles. The first kappa shape index (κ1) is 29.1. The molecular weight excluding hydrogens is 452 g/mol. The molecule has 8 nitrogen and oxygen atoms in total. The number of carbonyl (C=O) groups is 2. The summed E-state index contributed by atoms with van der Waals surface area (Å²) in [6, 6.07) is 19.6. The average Bonchev–Trinajstić information content (AvgIpc) is 2.91.